The van der Waals surface area contributed by atoms with Crippen molar-refractivity contribution >= 4 is 11.8 Å². The van der Waals surface area contributed by atoms with Crippen molar-refractivity contribution in [2.45, 2.75) is 45.6 Å². The lowest BCUT2D eigenvalue weighted by molar-refractivity contribution is -0.123. The van der Waals surface area contributed by atoms with E-state index >= 15 is 0 Å². The lowest BCUT2D eigenvalue weighted by atomic mass is 10.2. The van der Waals surface area contributed by atoms with E-state index in [9.17, 15) is 9.59 Å². The molecule has 1 aromatic rings. The second-order valence-electron chi connectivity index (χ2n) is 7.37. The number of rotatable bonds is 8. The number of nitrogens with one attached hydrogen (secondary N) is 2. The van der Waals surface area contributed by atoms with Gasteiger partial charge < -0.3 is 15.1 Å². The Hall–Kier alpha value is -1.82. The van der Waals surface area contributed by atoms with Crippen molar-refractivity contribution < 1.29 is 14.0 Å². The fraction of sp³-hybridized carbons (Fsp3) is 0.684. The van der Waals surface area contributed by atoms with Crippen LogP contribution in [-0.2, 0) is 9.59 Å². The highest BCUT2D eigenvalue weighted by Crippen LogP contribution is 2.37. The third kappa shape index (κ3) is 4.84. The van der Waals surface area contributed by atoms with E-state index in [2.05, 4.69) is 22.5 Å². The Bertz CT molecular complexity index is 607. The molecule has 138 valence electrons. The maximum absolute atomic E-state index is 12.1. The van der Waals surface area contributed by atoms with Gasteiger partial charge in [-0.15, -0.1) is 0 Å². The molecule has 3 atom stereocenters. The van der Waals surface area contributed by atoms with Gasteiger partial charge in [0.1, 0.15) is 11.5 Å². The fourth-order valence-electron chi connectivity index (χ4n) is 3.51. The van der Waals surface area contributed by atoms with Gasteiger partial charge in [-0.1, -0.05) is 6.92 Å². The average Bonchev–Trinajstić information content (AvgIpc) is 2.97. The standard InChI is InChI=1S/C19H29N3O3/c1-13-11-15(13)19(24)20-8-7-18(23)21-12-16(22-9-3-4-10-22)17-6-5-14(2)25-17/h5-6,13,15-16H,3-4,7-12H2,1-2H3,(H,20,24)(H,21,23)/t13-,15+,16+/m1/s1. The summed E-state index contributed by atoms with van der Waals surface area (Å²) in [5.41, 5.74) is 0. The first-order valence-electron chi connectivity index (χ1n) is 9.39. The summed E-state index contributed by atoms with van der Waals surface area (Å²) in [6.07, 6.45) is 3.67. The average molecular weight is 347 g/mol. The summed E-state index contributed by atoms with van der Waals surface area (Å²) in [5, 5.41) is 5.86. The molecule has 2 fully saturated rings. The monoisotopic (exact) mass is 347 g/mol. The zero-order valence-corrected chi connectivity index (χ0v) is 15.2. The zero-order valence-electron chi connectivity index (χ0n) is 15.2. The summed E-state index contributed by atoms with van der Waals surface area (Å²) in [5.74, 6) is 2.51. The maximum Gasteiger partial charge on any atom is 0.223 e. The molecule has 0 spiro atoms. The minimum Gasteiger partial charge on any atom is -0.465 e. The molecular formula is C19H29N3O3. The molecule has 1 saturated carbocycles. The number of carbonyl (C=O) groups is 2. The minimum atomic E-state index is -0.0309. The van der Waals surface area contributed by atoms with Crippen LogP contribution in [0.4, 0.5) is 0 Å². The number of amides is 2. The summed E-state index contributed by atoms with van der Waals surface area (Å²) in [4.78, 5) is 26.3. The first kappa shape index (κ1) is 18.0. The summed E-state index contributed by atoms with van der Waals surface area (Å²) in [7, 11) is 0. The Morgan fingerprint density at radius 2 is 2.00 bits per heavy atom. The van der Waals surface area contributed by atoms with E-state index in [-0.39, 0.29) is 23.8 Å². The lowest BCUT2D eigenvalue weighted by Gasteiger charge is -2.26. The Kier molecular flexibility index (Phi) is 5.78. The highest BCUT2D eigenvalue weighted by Gasteiger charge is 2.38. The van der Waals surface area contributed by atoms with E-state index in [1.54, 1.807) is 0 Å². The molecule has 6 nitrogen and oxygen atoms in total. The number of nitrogens with zero attached hydrogens (tertiary/aromatic N) is 1. The van der Waals surface area contributed by atoms with Crippen LogP contribution in [0.3, 0.4) is 0 Å². The van der Waals surface area contributed by atoms with Gasteiger partial charge in [-0.25, -0.2) is 0 Å². The number of hydrogen-bond donors (Lipinski definition) is 2. The highest BCUT2D eigenvalue weighted by molar-refractivity contribution is 5.82. The molecule has 2 heterocycles. The van der Waals surface area contributed by atoms with Crippen LogP contribution in [0.5, 0.6) is 0 Å². The van der Waals surface area contributed by atoms with E-state index < -0.39 is 0 Å². The molecule has 0 radical (unpaired) electrons. The lowest BCUT2D eigenvalue weighted by Crippen LogP contribution is -2.38. The van der Waals surface area contributed by atoms with Crippen molar-refractivity contribution in [2.75, 3.05) is 26.2 Å². The molecule has 1 aliphatic heterocycles. The maximum atomic E-state index is 12.1. The number of furan rings is 1. The van der Waals surface area contributed by atoms with Crippen molar-refractivity contribution in [1.29, 1.82) is 0 Å². The van der Waals surface area contributed by atoms with Gasteiger partial charge in [0.25, 0.3) is 0 Å². The molecule has 2 amide bonds. The van der Waals surface area contributed by atoms with Crippen molar-refractivity contribution in [2.24, 2.45) is 11.8 Å². The molecule has 3 rings (SSSR count). The van der Waals surface area contributed by atoms with Gasteiger partial charge in [-0.3, -0.25) is 14.5 Å². The molecule has 0 unspecified atom stereocenters. The van der Waals surface area contributed by atoms with Crippen LogP contribution in [0.1, 0.15) is 50.2 Å². The van der Waals surface area contributed by atoms with Crippen molar-refractivity contribution in [3.8, 4) is 0 Å². The molecule has 2 N–H and O–H groups in total. The SMILES string of the molecule is Cc1ccc([C@H](CNC(=O)CCNC(=O)[C@H]2C[C@H]2C)N2CCCC2)o1. The first-order chi connectivity index (χ1) is 12.0. The van der Waals surface area contributed by atoms with Gasteiger partial charge in [0.15, 0.2) is 0 Å². The largest absolute Gasteiger partial charge is 0.465 e. The van der Waals surface area contributed by atoms with E-state index in [1.807, 2.05) is 19.1 Å². The molecule has 2 aliphatic rings. The number of aryl methyl sites for hydroxylation is 1. The van der Waals surface area contributed by atoms with Gasteiger partial charge in [0.05, 0.1) is 6.04 Å². The Labute approximate surface area is 149 Å². The number of carbonyl (C=O) groups excluding carboxylic acids is 2. The van der Waals surface area contributed by atoms with Gasteiger partial charge in [-0.2, -0.15) is 0 Å². The van der Waals surface area contributed by atoms with Crippen LogP contribution in [-0.4, -0.2) is 42.9 Å². The Morgan fingerprint density at radius 3 is 2.60 bits per heavy atom. The van der Waals surface area contributed by atoms with Crippen LogP contribution >= 0.6 is 0 Å². The van der Waals surface area contributed by atoms with Crippen LogP contribution in [0.2, 0.25) is 0 Å². The van der Waals surface area contributed by atoms with Crippen LogP contribution in [0.25, 0.3) is 0 Å². The smallest absolute Gasteiger partial charge is 0.223 e. The highest BCUT2D eigenvalue weighted by atomic mass is 16.3. The summed E-state index contributed by atoms with van der Waals surface area (Å²) >= 11 is 0. The van der Waals surface area contributed by atoms with E-state index in [4.69, 9.17) is 4.42 Å². The topological polar surface area (TPSA) is 74.6 Å². The molecule has 1 aliphatic carbocycles. The normalized spacial score (nSPS) is 24.1. The second kappa shape index (κ2) is 8.04. The predicted octanol–water partition coefficient (Wildman–Crippen LogP) is 2.00. The van der Waals surface area contributed by atoms with E-state index in [0.717, 1.165) is 31.0 Å². The van der Waals surface area contributed by atoms with Crippen molar-refractivity contribution in [3.05, 3.63) is 23.7 Å². The fourth-order valence-corrected chi connectivity index (χ4v) is 3.51. The zero-order chi connectivity index (χ0) is 17.8. The molecule has 0 bridgehead atoms. The van der Waals surface area contributed by atoms with Gasteiger partial charge in [-0.05, 0) is 57.3 Å². The van der Waals surface area contributed by atoms with Gasteiger partial charge >= 0.3 is 0 Å². The van der Waals surface area contributed by atoms with E-state index in [1.165, 1.54) is 12.8 Å². The van der Waals surface area contributed by atoms with Gasteiger partial charge in [0, 0.05) is 25.4 Å². The summed E-state index contributed by atoms with van der Waals surface area (Å²) in [6, 6.07) is 4.05. The first-order valence-corrected chi connectivity index (χ1v) is 9.39. The molecule has 1 saturated heterocycles. The van der Waals surface area contributed by atoms with Gasteiger partial charge in [0.2, 0.25) is 11.8 Å². The minimum absolute atomic E-state index is 0.0309. The van der Waals surface area contributed by atoms with Crippen molar-refractivity contribution in [1.82, 2.24) is 15.5 Å². The molecule has 0 aromatic carbocycles. The van der Waals surface area contributed by atoms with E-state index in [0.29, 0.717) is 25.4 Å². The Morgan fingerprint density at radius 1 is 1.28 bits per heavy atom. The third-order valence-electron chi connectivity index (χ3n) is 5.26. The summed E-state index contributed by atoms with van der Waals surface area (Å²) in [6.45, 7) is 7.03. The summed E-state index contributed by atoms with van der Waals surface area (Å²) < 4.78 is 5.80. The van der Waals surface area contributed by atoms with Crippen LogP contribution in [0, 0.1) is 18.8 Å². The molecule has 25 heavy (non-hydrogen) atoms. The third-order valence-corrected chi connectivity index (χ3v) is 5.26. The molecular weight excluding hydrogens is 318 g/mol. The number of likely N-dealkylation sites (tertiary alicyclic amines) is 1. The molecule has 1 aromatic heterocycles. The quantitative estimate of drug-likeness (QED) is 0.754. The molecule has 6 heteroatoms. The van der Waals surface area contributed by atoms with Crippen LogP contribution in [0.15, 0.2) is 16.5 Å². The van der Waals surface area contributed by atoms with Crippen molar-refractivity contribution in [3.63, 3.8) is 0 Å². The second-order valence-corrected chi connectivity index (χ2v) is 7.37. The Balaban J connectivity index is 1.43. The van der Waals surface area contributed by atoms with Crippen LogP contribution < -0.4 is 10.6 Å². The number of hydrogen-bond acceptors (Lipinski definition) is 4. The predicted molar refractivity (Wildman–Crippen MR) is 94.9 cm³/mol.